The molecule has 100 valence electrons. The lowest BCUT2D eigenvalue weighted by atomic mass is 9.85. The quantitative estimate of drug-likeness (QED) is 0.673. The summed E-state index contributed by atoms with van der Waals surface area (Å²) in [6.45, 7) is 4.44. The normalized spacial score (nSPS) is 26.7. The zero-order valence-electron chi connectivity index (χ0n) is 11.2. The fourth-order valence-corrected chi connectivity index (χ4v) is 2.75. The number of hydrogen-bond acceptors (Lipinski definition) is 2. The second-order valence-corrected chi connectivity index (χ2v) is 5.46. The zero-order valence-corrected chi connectivity index (χ0v) is 11.2. The van der Waals surface area contributed by atoms with Gasteiger partial charge in [-0.3, -0.25) is 4.79 Å². The molecule has 0 heterocycles. The molecule has 3 atom stereocenters. The molecule has 0 aromatic rings. The molecule has 0 aromatic heterocycles. The van der Waals surface area contributed by atoms with E-state index in [0.717, 1.165) is 25.7 Å². The van der Waals surface area contributed by atoms with Crippen LogP contribution in [0.4, 0.5) is 0 Å². The number of nitrogens with one attached hydrogen (secondary N) is 1. The van der Waals surface area contributed by atoms with E-state index in [1.165, 1.54) is 25.7 Å². The van der Waals surface area contributed by atoms with Crippen LogP contribution in [0, 0.1) is 5.92 Å². The Kier molecular flexibility index (Phi) is 6.56. The van der Waals surface area contributed by atoms with Crippen molar-refractivity contribution in [3.8, 4) is 0 Å². The van der Waals surface area contributed by atoms with E-state index in [4.69, 9.17) is 5.11 Å². The Morgan fingerprint density at radius 3 is 2.82 bits per heavy atom. The van der Waals surface area contributed by atoms with E-state index in [1.54, 1.807) is 0 Å². The first-order valence-corrected chi connectivity index (χ1v) is 7.12. The van der Waals surface area contributed by atoms with Gasteiger partial charge in [0.05, 0.1) is 5.92 Å². The number of carboxylic acid groups (broad SMARTS) is 1. The van der Waals surface area contributed by atoms with Crippen molar-refractivity contribution in [1.82, 2.24) is 5.32 Å². The van der Waals surface area contributed by atoms with Crippen LogP contribution in [0.25, 0.3) is 0 Å². The maximum Gasteiger partial charge on any atom is 0.306 e. The van der Waals surface area contributed by atoms with Crippen LogP contribution in [0.15, 0.2) is 0 Å². The van der Waals surface area contributed by atoms with Crippen molar-refractivity contribution < 1.29 is 9.90 Å². The summed E-state index contributed by atoms with van der Waals surface area (Å²) < 4.78 is 0. The fraction of sp³-hybridized carbons (Fsp3) is 0.929. The third kappa shape index (κ3) is 5.53. The molecule has 0 aromatic carbocycles. The highest BCUT2D eigenvalue weighted by molar-refractivity contribution is 5.70. The minimum absolute atomic E-state index is 0.121. The van der Waals surface area contributed by atoms with Gasteiger partial charge < -0.3 is 10.4 Å². The lowest BCUT2D eigenvalue weighted by Gasteiger charge is -2.30. The summed E-state index contributed by atoms with van der Waals surface area (Å²) in [5, 5.41) is 12.6. The number of hydrogen-bond donors (Lipinski definition) is 2. The Labute approximate surface area is 105 Å². The van der Waals surface area contributed by atoms with Gasteiger partial charge in [-0.2, -0.15) is 0 Å². The molecule has 3 unspecified atom stereocenters. The van der Waals surface area contributed by atoms with Gasteiger partial charge in [-0.1, -0.05) is 32.6 Å². The predicted octanol–water partition coefficient (Wildman–Crippen LogP) is 3.19. The van der Waals surface area contributed by atoms with Crippen LogP contribution >= 0.6 is 0 Å². The number of carbonyl (C=O) groups is 1. The summed E-state index contributed by atoms with van der Waals surface area (Å²) in [6, 6.07) is 0.945. The van der Waals surface area contributed by atoms with E-state index in [0.29, 0.717) is 12.1 Å². The Hall–Kier alpha value is -0.570. The molecule has 0 saturated heterocycles. The molecule has 2 N–H and O–H groups in total. The molecule has 3 nitrogen and oxygen atoms in total. The Bertz CT molecular complexity index is 230. The van der Waals surface area contributed by atoms with Crippen LogP contribution in [0.2, 0.25) is 0 Å². The summed E-state index contributed by atoms with van der Waals surface area (Å²) in [5.41, 5.74) is 0. The van der Waals surface area contributed by atoms with Crippen LogP contribution < -0.4 is 5.32 Å². The highest BCUT2D eigenvalue weighted by atomic mass is 16.4. The summed E-state index contributed by atoms with van der Waals surface area (Å²) in [5.74, 6) is -0.737. The largest absolute Gasteiger partial charge is 0.481 e. The van der Waals surface area contributed by atoms with Crippen LogP contribution in [-0.4, -0.2) is 23.2 Å². The van der Waals surface area contributed by atoms with Gasteiger partial charge in [-0.25, -0.2) is 0 Å². The van der Waals surface area contributed by atoms with E-state index in [2.05, 4.69) is 19.2 Å². The van der Waals surface area contributed by atoms with E-state index in [1.807, 2.05) is 0 Å². The van der Waals surface area contributed by atoms with Gasteiger partial charge in [-0.05, 0) is 32.6 Å². The van der Waals surface area contributed by atoms with Gasteiger partial charge in [0.25, 0.3) is 0 Å². The lowest BCUT2D eigenvalue weighted by molar-refractivity contribution is -0.143. The molecular formula is C14H27NO2. The van der Waals surface area contributed by atoms with E-state index in [-0.39, 0.29) is 5.92 Å². The SMILES string of the molecule is CCCCCC(C)NC1CCCC(C(=O)O)C1. The molecule has 1 aliphatic carbocycles. The second-order valence-electron chi connectivity index (χ2n) is 5.46. The smallest absolute Gasteiger partial charge is 0.306 e. The zero-order chi connectivity index (χ0) is 12.7. The molecule has 1 fully saturated rings. The lowest BCUT2D eigenvalue weighted by Crippen LogP contribution is -2.41. The van der Waals surface area contributed by atoms with E-state index < -0.39 is 5.97 Å². The van der Waals surface area contributed by atoms with Crippen molar-refractivity contribution in [2.24, 2.45) is 5.92 Å². The average Bonchev–Trinajstić information content (AvgIpc) is 2.29. The van der Waals surface area contributed by atoms with Crippen LogP contribution in [0.3, 0.4) is 0 Å². The monoisotopic (exact) mass is 241 g/mol. The van der Waals surface area contributed by atoms with Crippen LogP contribution in [0.5, 0.6) is 0 Å². The highest BCUT2D eigenvalue weighted by Gasteiger charge is 2.27. The van der Waals surface area contributed by atoms with E-state index >= 15 is 0 Å². The van der Waals surface area contributed by atoms with Crippen molar-refractivity contribution in [3.05, 3.63) is 0 Å². The standard InChI is InChI=1S/C14H27NO2/c1-3-4-5-7-11(2)15-13-9-6-8-12(10-13)14(16)17/h11-13,15H,3-10H2,1-2H3,(H,16,17). The molecule has 1 rings (SSSR count). The highest BCUT2D eigenvalue weighted by Crippen LogP contribution is 2.25. The third-order valence-electron chi connectivity index (χ3n) is 3.78. The minimum Gasteiger partial charge on any atom is -0.481 e. The molecular weight excluding hydrogens is 214 g/mol. The molecule has 1 saturated carbocycles. The van der Waals surface area contributed by atoms with Crippen molar-refractivity contribution in [1.29, 1.82) is 0 Å². The summed E-state index contributed by atoms with van der Waals surface area (Å²) >= 11 is 0. The molecule has 0 bridgehead atoms. The van der Waals surface area contributed by atoms with Crippen molar-refractivity contribution in [2.75, 3.05) is 0 Å². The third-order valence-corrected chi connectivity index (χ3v) is 3.78. The van der Waals surface area contributed by atoms with E-state index in [9.17, 15) is 4.79 Å². The summed E-state index contributed by atoms with van der Waals surface area (Å²) in [4.78, 5) is 11.0. The molecule has 3 heteroatoms. The Balaban J connectivity index is 2.23. The number of carboxylic acids is 1. The van der Waals surface area contributed by atoms with Gasteiger partial charge in [-0.15, -0.1) is 0 Å². The first-order chi connectivity index (χ1) is 8.13. The minimum atomic E-state index is -0.616. The van der Waals surface area contributed by atoms with Gasteiger partial charge >= 0.3 is 5.97 Å². The molecule has 0 aliphatic heterocycles. The summed E-state index contributed by atoms with van der Waals surface area (Å²) in [6.07, 6.45) is 8.91. The first kappa shape index (κ1) is 14.5. The number of rotatable bonds is 7. The van der Waals surface area contributed by atoms with Crippen molar-refractivity contribution in [2.45, 2.75) is 77.3 Å². The second kappa shape index (κ2) is 7.70. The average molecular weight is 241 g/mol. The molecule has 0 amide bonds. The number of aliphatic carboxylic acids is 1. The maximum absolute atomic E-state index is 11.0. The maximum atomic E-state index is 11.0. The topological polar surface area (TPSA) is 49.3 Å². The molecule has 0 spiro atoms. The fourth-order valence-electron chi connectivity index (χ4n) is 2.75. The van der Waals surface area contributed by atoms with Gasteiger partial charge in [0.1, 0.15) is 0 Å². The molecule has 0 radical (unpaired) electrons. The van der Waals surface area contributed by atoms with Crippen LogP contribution in [0.1, 0.15) is 65.2 Å². The summed E-state index contributed by atoms with van der Waals surface area (Å²) in [7, 11) is 0. The first-order valence-electron chi connectivity index (χ1n) is 7.12. The molecule has 17 heavy (non-hydrogen) atoms. The van der Waals surface area contributed by atoms with Crippen molar-refractivity contribution >= 4 is 5.97 Å². The Morgan fingerprint density at radius 2 is 2.18 bits per heavy atom. The van der Waals surface area contributed by atoms with Gasteiger partial charge in [0.2, 0.25) is 0 Å². The van der Waals surface area contributed by atoms with Gasteiger partial charge in [0, 0.05) is 12.1 Å². The predicted molar refractivity (Wildman–Crippen MR) is 70.1 cm³/mol. The molecule has 1 aliphatic rings. The van der Waals surface area contributed by atoms with Gasteiger partial charge in [0.15, 0.2) is 0 Å². The number of unbranched alkanes of at least 4 members (excludes halogenated alkanes) is 2. The van der Waals surface area contributed by atoms with Crippen molar-refractivity contribution in [3.63, 3.8) is 0 Å². The Morgan fingerprint density at radius 1 is 1.41 bits per heavy atom. The van der Waals surface area contributed by atoms with Crippen LogP contribution in [-0.2, 0) is 4.79 Å².